The smallest absolute Gasteiger partial charge is 0.0749 e. The monoisotopic (exact) mass is 401 g/mol. The van der Waals surface area contributed by atoms with Gasteiger partial charge in [0, 0.05) is 17.0 Å². The second-order valence-electron chi connectivity index (χ2n) is 9.52. The Morgan fingerprint density at radius 1 is 1.17 bits per heavy atom. The van der Waals surface area contributed by atoms with Gasteiger partial charge in [-0.25, -0.2) is 0 Å². The summed E-state index contributed by atoms with van der Waals surface area (Å²) in [4.78, 5) is 4.87. The molecule has 160 valence electrons. The van der Waals surface area contributed by atoms with Crippen LogP contribution in [0.4, 0.5) is 0 Å². The van der Waals surface area contributed by atoms with Gasteiger partial charge in [0.15, 0.2) is 0 Å². The van der Waals surface area contributed by atoms with Crippen molar-refractivity contribution in [1.29, 1.82) is 0 Å². The van der Waals surface area contributed by atoms with Crippen LogP contribution in [-0.2, 0) is 5.41 Å². The van der Waals surface area contributed by atoms with Crippen molar-refractivity contribution >= 4 is 16.3 Å². The molecule has 1 unspecified atom stereocenters. The summed E-state index contributed by atoms with van der Waals surface area (Å²) in [5.41, 5.74) is 7.09. The van der Waals surface area contributed by atoms with Gasteiger partial charge >= 0.3 is 0 Å². The molecule has 0 radical (unpaired) electrons. The van der Waals surface area contributed by atoms with Crippen LogP contribution in [0, 0.1) is 11.8 Å². The Bertz CT molecular complexity index is 975. The summed E-state index contributed by atoms with van der Waals surface area (Å²) >= 11 is 0. The van der Waals surface area contributed by atoms with Crippen molar-refractivity contribution in [3.8, 4) is 0 Å². The van der Waals surface area contributed by atoms with Gasteiger partial charge < -0.3 is 0 Å². The van der Waals surface area contributed by atoms with E-state index in [-0.39, 0.29) is 5.41 Å². The van der Waals surface area contributed by atoms with Crippen LogP contribution in [-0.4, -0.2) is 4.98 Å². The van der Waals surface area contributed by atoms with Crippen LogP contribution in [0.5, 0.6) is 0 Å². The molecule has 0 aliphatic heterocycles. The van der Waals surface area contributed by atoms with Crippen LogP contribution < -0.4 is 0 Å². The number of benzene rings is 1. The highest BCUT2D eigenvalue weighted by atomic mass is 14.7. The molecule has 2 aromatic rings. The predicted octanol–water partition coefficient (Wildman–Crippen LogP) is 8.65. The molecule has 2 aliphatic rings. The molecule has 1 heterocycles. The van der Waals surface area contributed by atoms with E-state index >= 15 is 0 Å². The normalized spacial score (nSPS) is 19.6. The van der Waals surface area contributed by atoms with Crippen LogP contribution in [0.15, 0.2) is 59.8 Å². The first-order chi connectivity index (χ1) is 14.4. The first kappa shape index (κ1) is 22.5. The van der Waals surface area contributed by atoms with E-state index in [9.17, 15) is 0 Å². The Balaban J connectivity index is 0.000000377. The molecule has 30 heavy (non-hydrogen) atoms. The van der Waals surface area contributed by atoms with Gasteiger partial charge in [-0.1, -0.05) is 89.5 Å². The molecule has 0 saturated carbocycles. The molecule has 1 nitrogen and oxygen atoms in total. The molecule has 2 aliphatic carbocycles. The average Bonchev–Trinajstić information content (AvgIpc) is 2.76. The lowest BCUT2D eigenvalue weighted by Crippen LogP contribution is -2.30. The second-order valence-corrected chi connectivity index (χ2v) is 9.52. The molecule has 1 heteroatoms. The molecule has 0 fully saturated rings. The van der Waals surface area contributed by atoms with Gasteiger partial charge in [-0.15, -0.1) is 0 Å². The summed E-state index contributed by atoms with van der Waals surface area (Å²) < 4.78 is 0. The van der Waals surface area contributed by atoms with E-state index in [0.717, 1.165) is 18.8 Å². The fourth-order valence-electron chi connectivity index (χ4n) is 4.99. The molecule has 4 rings (SSSR count). The molecule has 1 aromatic heterocycles. The Labute approximate surface area is 184 Å². The number of fused-ring (bicyclic) bond motifs is 1. The summed E-state index contributed by atoms with van der Waals surface area (Å²) in [6.45, 7) is 15.9. The van der Waals surface area contributed by atoms with Crippen LogP contribution >= 0.6 is 0 Å². The fourth-order valence-corrected chi connectivity index (χ4v) is 4.99. The lowest BCUT2D eigenvalue weighted by Gasteiger charge is -2.41. The maximum atomic E-state index is 4.87. The van der Waals surface area contributed by atoms with E-state index in [4.69, 9.17) is 4.98 Å². The van der Waals surface area contributed by atoms with Crippen molar-refractivity contribution in [2.45, 2.75) is 79.6 Å². The summed E-state index contributed by atoms with van der Waals surface area (Å²) in [7, 11) is 0. The number of rotatable bonds is 4. The summed E-state index contributed by atoms with van der Waals surface area (Å²) in [6, 6.07) is 8.85. The number of hydrogen-bond acceptors (Lipinski definition) is 1. The molecular weight excluding hydrogens is 362 g/mol. The Hall–Kier alpha value is -2.15. The zero-order valence-corrected chi connectivity index (χ0v) is 20.0. The lowest BCUT2D eigenvalue weighted by atomic mass is 9.63. The van der Waals surface area contributed by atoms with Gasteiger partial charge in [0.25, 0.3) is 0 Å². The van der Waals surface area contributed by atoms with E-state index in [2.05, 4.69) is 91.0 Å². The minimum atomic E-state index is 0.0278. The van der Waals surface area contributed by atoms with Gasteiger partial charge in [0.05, 0.1) is 5.69 Å². The number of allylic oxidation sites excluding steroid dienone is 6. The lowest BCUT2D eigenvalue weighted by molar-refractivity contribution is 0.544. The first-order valence-electron chi connectivity index (χ1n) is 11.8. The molecule has 0 N–H and O–H groups in total. The first-order valence-corrected chi connectivity index (χ1v) is 11.8. The summed E-state index contributed by atoms with van der Waals surface area (Å²) in [6.07, 6.45) is 13.8. The average molecular weight is 402 g/mol. The highest BCUT2D eigenvalue weighted by Crippen LogP contribution is 2.53. The van der Waals surface area contributed by atoms with Crippen molar-refractivity contribution < 1.29 is 0 Å². The molecule has 1 aromatic carbocycles. The highest BCUT2D eigenvalue weighted by Gasteiger charge is 2.40. The summed E-state index contributed by atoms with van der Waals surface area (Å²) in [5.74, 6) is 1.47. The van der Waals surface area contributed by atoms with Gasteiger partial charge in [0.2, 0.25) is 0 Å². The van der Waals surface area contributed by atoms with E-state index in [0.29, 0.717) is 5.92 Å². The number of aromatic nitrogens is 1. The molecule has 0 saturated heterocycles. The number of nitrogens with zero attached hydrogens (tertiary/aromatic N) is 1. The van der Waals surface area contributed by atoms with Crippen molar-refractivity contribution in [3.63, 3.8) is 0 Å². The predicted molar refractivity (Wildman–Crippen MR) is 133 cm³/mol. The van der Waals surface area contributed by atoms with Crippen molar-refractivity contribution in [2.24, 2.45) is 11.8 Å². The van der Waals surface area contributed by atoms with Crippen molar-refractivity contribution in [3.05, 3.63) is 71.1 Å². The third-order valence-electron chi connectivity index (χ3n) is 7.18. The quantitative estimate of drug-likeness (QED) is 0.467. The topological polar surface area (TPSA) is 12.9 Å². The number of hydrogen-bond donors (Lipinski definition) is 0. The largest absolute Gasteiger partial charge is 0.256 e. The van der Waals surface area contributed by atoms with Crippen LogP contribution in [0.1, 0.15) is 85.4 Å². The molecular formula is C29H39N. The Morgan fingerprint density at radius 2 is 1.90 bits per heavy atom. The minimum absolute atomic E-state index is 0.0278. The van der Waals surface area contributed by atoms with Crippen LogP contribution in [0.3, 0.4) is 0 Å². The van der Waals surface area contributed by atoms with Gasteiger partial charge in [-0.2, -0.15) is 0 Å². The van der Waals surface area contributed by atoms with E-state index < -0.39 is 0 Å². The maximum absolute atomic E-state index is 4.87. The van der Waals surface area contributed by atoms with Crippen LogP contribution in [0.2, 0.25) is 0 Å². The van der Waals surface area contributed by atoms with E-state index in [1.165, 1.54) is 51.6 Å². The van der Waals surface area contributed by atoms with Gasteiger partial charge in [-0.05, 0) is 66.7 Å². The SMILES string of the molecule is CC=CCC1CC=C(C)C2=C1c1nccc3cccc(c13)C2(C)C.CCC(C)CC. The zero-order valence-electron chi connectivity index (χ0n) is 20.0. The second kappa shape index (κ2) is 9.33. The highest BCUT2D eigenvalue weighted by molar-refractivity contribution is 6.00. The summed E-state index contributed by atoms with van der Waals surface area (Å²) in [5, 5.41) is 2.68. The molecule has 0 spiro atoms. The van der Waals surface area contributed by atoms with Crippen LogP contribution in [0.25, 0.3) is 16.3 Å². The standard InChI is InChI=1S/C23H25N.C6H14/c1-5-6-8-16-12-11-15(2)21-20(16)22-19-17(13-14-24-22)9-7-10-18(19)23(21,3)4;1-4-6(3)5-2/h5-7,9-11,13-14,16H,8,12H2,1-4H3;6H,4-5H2,1-3H3. The number of pyridine rings is 1. The molecule has 0 amide bonds. The fraction of sp³-hybridized carbons (Fsp3) is 0.483. The van der Waals surface area contributed by atoms with E-state index in [1.54, 1.807) is 0 Å². The third kappa shape index (κ3) is 4.04. The van der Waals surface area contributed by atoms with Crippen molar-refractivity contribution in [1.82, 2.24) is 4.98 Å². The van der Waals surface area contributed by atoms with Gasteiger partial charge in [-0.3, -0.25) is 4.98 Å². The van der Waals surface area contributed by atoms with E-state index in [1.807, 2.05) is 6.20 Å². The zero-order chi connectivity index (χ0) is 21.9. The third-order valence-corrected chi connectivity index (χ3v) is 7.18. The Morgan fingerprint density at radius 3 is 2.53 bits per heavy atom. The minimum Gasteiger partial charge on any atom is -0.256 e. The maximum Gasteiger partial charge on any atom is 0.0749 e. The Kier molecular flexibility index (Phi) is 7.01. The van der Waals surface area contributed by atoms with Gasteiger partial charge in [0.1, 0.15) is 0 Å². The van der Waals surface area contributed by atoms with Crippen molar-refractivity contribution in [2.75, 3.05) is 0 Å². The molecule has 1 atom stereocenters. The molecule has 0 bridgehead atoms.